The van der Waals surface area contributed by atoms with Crippen molar-refractivity contribution in [1.29, 1.82) is 0 Å². The SMILES string of the molecule is Cc1ccc(CCCC(=O)N(CC(=O)O)C2CC2)s1. The third kappa shape index (κ3) is 4.35. The largest absolute Gasteiger partial charge is 0.480 e. The molecular formula is C14H19NO3S. The van der Waals surface area contributed by atoms with Crippen molar-refractivity contribution >= 4 is 23.2 Å². The normalized spacial score (nSPS) is 14.4. The molecule has 0 atom stereocenters. The molecule has 0 unspecified atom stereocenters. The summed E-state index contributed by atoms with van der Waals surface area (Å²) in [5, 5.41) is 8.82. The molecule has 1 fully saturated rings. The summed E-state index contributed by atoms with van der Waals surface area (Å²) in [6.07, 6.45) is 4.03. The van der Waals surface area contributed by atoms with E-state index in [9.17, 15) is 9.59 Å². The minimum atomic E-state index is -0.922. The third-order valence-corrected chi connectivity index (χ3v) is 4.28. The lowest BCUT2D eigenvalue weighted by Crippen LogP contribution is -2.37. The Hall–Kier alpha value is -1.36. The van der Waals surface area contributed by atoms with Crippen molar-refractivity contribution in [3.8, 4) is 0 Å². The van der Waals surface area contributed by atoms with Crippen molar-refractivity contribution in [2.45, 2.75) is 45.1 Å². The van der Waals surface area contributed by atoms with Crippen LogP contribution >= 0.6 is 11.3 Å². The highest BCUT2D eigenvalue weighted by molar-refractivity contribution is 7.11. The third-order valence-electron chi connectivity index (χ3n) is 3.22. The van der Waals surface area contributed by atoms with Crippen LogP contribution in [-0.2, 0) is 16.0 Å². The molecule has 1 N–H and O–H groups in total. The van der Waals surface area contributed by atoms with Crippen LogP contribution in [0.4, 0.5) is 0 Å². The number of hydrogen-bond acceptors (Lipinski definition) is 3. The van der Waals surface area contributed by atoms with Crippen molar-refractivity contribution in [1.82, 2.24) is 4.90 Å². The summed E-state index contributed by atoms with van der Waals surface area (Å²) in [6.45, 7) is 1.92. The lowest BCUT2D eigenvalue weighted by molar-refractivity contribution is -0.144. The second-order valence-electron chi connectivity index (χ2n) is 5.01. The van der Waals surface area contributed by atoms with E-state index in [1.54, 1.807) is 11.3 Å². The zero-order valence-corrected chi connectivity index (χ0v) is 11.9. The van der Waals surface area contributed by atoms with Crippen LogP contribution in [-0.4, -0.2) is 34.5 Å². The highest BCUT2D eigenvalue weighted by Gasteiger charge is 2.33. The summed E-state index contributed by atoms with van der Waals surface area (Å²) < 4.78 is 0. The maximum absolute atomic E-state index is 12.0. The van der Waals surface area contributed by atoms with E-state index in [2.05, 4.69) is 19.1 Å². The molecule has 1 aromatic rings. The molecule has 1 amide bonds. The molecular weight excluding hydrogens is 262 g/mol. The zero-order chi connectivity index (χ0) is 13.8. The Morgan fingerprint density at radius 3 is 2.68 bits per heavy atom. The van der Waals surface area contributed by atoms with Crippen molar-refractivity contribution in [3.63, 3.8) is 0 Å². The van der Waals surface area contributed by atoms with Gasteiger partial charge in [-0.3, -0.25) is 9.59 Å². The summed E-state index contributed by atoms with van der Waals surface area (Å²) in [7, 11) is 0. The summed E-state index contributed by atoms with van der Waals surface area (Å²) in [6, 6.07) is 4.36. The standard InChI is InChI=1S/C14H19NO3S/c1-10-5-8-12(19-10)3-2-4-13(16)15(9-14(17)18)11-6-7-11/h5,8,11H,2-4,6-7,9H2,1H3,(H,17,18). The number of nitrogens with zero attached hydrogens (tertiary/aromatic N) is 1. The molecule has 4 nitrogen and oxygen atoms in total. The van der Waals surface area contributed by atoms with Gasteiger partial charge in [0.15, 0.2) is 0 Å². The molecule has 1 aromatic heterocycles. The number of carboxylic acid groups (broad SMARTS) is 1. The molecule has 0 aromatic carbocycles. The Balaban J connectivity index is 1.77. The van der Waals surface area contributed by atoms with Crippen molar-refractivity contribution in [2.24, 2.45) is 0 Å². The van der Waals surface area contributed by atoms with Crippen LogP contribution in [0.15, 0.2) is 12.1 Å². The number of amides is 1. The topological polar surface area (TPSA) is 57.6 Å². The van der Waals surface area contributed by atoms with E-state index in [4.69, 9.17) is 5.11 Å². The average Bonchev–Trinajstić information content (AvgIpc) is 3.10. The van der Waals surface area contributed by atoms with Crippen molar-refractivity contribution in [2.75, 3.05) is 6.54 Å². The van der Waals surface area contributed by atoms with Gasteiger partial charge >= 0.3 is 5.97 Å². The van der Waals surface area contributed by atoms with E-state index in [1.807, 2.05) is 0 Å². The molecule has 0 radical (unpaired) electrons. The van der Waals surface area contributed by atoms with E-state index in [-0.39, 0.29) is 18.5 Å². The van der Waals surface area contributed by atoms with Gasteiger partial charge in [-0.25, -0.2) is 0 Å². The average molecular weight is 281 g/mol. The molecule has 1 aliphatic carbocycles. The fourth-order valence-electron chi connectivity index (χ4n) is 2.13. The Kier molecular flexibility index (Phi) is 4.58. The van der Waals surface area contributed by atoms with Crippen LogP contribution in [0, 0.1) is 6.92 Å². The van der Waals surface area contributed by atoms with Gasteiger partial charge in [0.05, 0.1) is 0 Å². The second kappa shape index (κ2) is 6.19. The Morgan fingerprint density at radius 1 is 1.42 bits per heavy atom. The van der Waals surface area contributed by atoms with Gasteiger partial charge in [0.25, 0.3) is 0 Å². The quantitative estimate of drug-likeness (QED) is 0.835. The van der Waals surface area contributed by atoms with Crippen LogP contribution in [0.2, 0.25) is 0 Å². The molecule has 0 saturated heterocycles. The molecule has 19 heavy (non-hydrogen) atoms. The lowest BCUT2D eigenvalue weighted by atomic mass is 10.2. The van der Waals surface area contributed by atoms with E-state index >= 15 is 0 Å². The number of hydrogen-bond donors (Lipinski definition) is 1. The number of carboxylic acids is 1. The number of carbonyl (C=O) groups is 2. The number of aliphatic carboxylic acids is 1. The first-order chi connectivity index (χ1) is 9.06. The first-order valence-corrected chi connectivity index (χ1v) is 7.44. The Labute approximate surface area is 117 Å². The van der Waals surface area contributed by atoms with Crippen molar-refractivity contribution in [3.05, 3.63) is 21.9 Å². The molecule has 1 heterocycles. The summed E-state index contributed by atoms with van der Waals surface area (Å²) in [4.78, 5) is 26.9. The molecule has 1 aliphatic rings. The molecule has 5 heteroatoms. The van der Waals surface area contributed by atoms with Gasteiger partial charge in [0.2, 0.25) is 5.91 Å². The fourth-order valence-corrected chi connectivity index (χ4v) is 3.06. The highest BCUT2D eigenvalue weighted by Crippen LogP contribution is 2.27. The van der Waals surface area contributed by atoms with Gasteiger partial charge in [0.1, 0.15) is 6.54 Å². The minimum absolute atomic E-state index is 0.0156. The van der Waals surface area contributed by atoms with Gasteiger partial charge < -0.3 is 10.0 Å². The molecule has 2 rings (SSSR count). The van der Waals surface area contributed by atoms with Crippen LogP contribution in [0.1, 0.15) is 35.4 Å². The maximum atomic E-state index is 12.0. The van der Waals surface area contributed by atoms with E-state index in [0.29, 0.717) is 6.42 Å². The first kappa shape index (κ1) is 14.1. The van der Waals surface area contributed by atoms with Gasteiger partial charge in [-0.05, 0) is 44.7 Å². The van der Waals surface area contributed by atoms with Crippen LogP contribution in [0.5, 0.6) is 0 Å². The summed E-state index contributed by atoms with van der Waals surface area (Å²) in [5.74, 6) is -0.938. The van der Waals surface area contributed by atoms with Crippen LogP contribution < -0.4 is 0 Å². The highest BCUT2D eigenvalue weighted by atomic mass is 32.1. The number of carbonyl (C=O) groups excluding carboxylic acids is 1. The van der Waals surface area contributed by atoms with Crippen molar-refractivity contribution < 1.29 is 14.7 Å². The molecule has 0 spiro atoms. The predicted molar refractivity (Wildman–Crippen MR) is 74.4 cm³/mol. The maximum Gasteiger partial charge on any atom is 0.323 e. The van der Waals surface area contributed by atoms with Gasteiger partial charge in [-0.1, -0.05) is 0 Å². The van der Waals surface area contributed by atoms with Gasteiger partial charge in [-0.15, -0.1) is 11.3 Å². The monoisotopic (exact) mass is 281 g/mol. The number of aryl methyl sites for hydroxylation is 2. The van der Waals surface area contributed by atoms with Gasteiger partial charge in [0, 0.05) is 22.2 Å². The van der Waals surface area contributed by atoms with E-state index in [1.165, 1.54) is 14.7 Å². The Bertz CT molecular complexity index is 465. The van der Waals surface area contributed by atoms with Crippen LogP contribution in [0.25, 0.3) is 0 Å². The predicted octanol–water partition coefficient (Wildman–Crippen LogP) is 2.45. The number of rotatable bonds is 7. The lowest BCUT2D eigenvalue weighted by Gasteiger charge is -2.20. The second-order valence-corrected chi connectivity index (χ2v) is 6.38. The Morgan fingerprint density at radius 2 is 2.16 bits per heavy atom. The fraction of sp³-hybridized carbons (Fsp3) is 0.571. The van der Waals surface area contributed by atoms with E-state index < -0.39 is 5.97 Å². The summed E-state index contributed by atoms with van der Waals surface area (Å²) in [5.41, 5.74) is 0. The molecule has 0 bridgehead atoms. The smallest absolute Gasteiger partial charge is 0.323 e. The summed E-state index contributed by atoms with van der Waals surface area (Å²) >= 11 is 1.76. The van der Waals surface area contributed by atoms with Crippen LogP contribution in [0.3, 0.4) is 0 Å². The molecule has 0 aliphatic heterocycles. The molecule has 104 valence electrons. The number of thiophene rings is 1. The first-order valence-electron chi connectivity index (χ1n) is 6.63. The van der Waals surface area contributed by atoms with Gasteiger partial charge in [-0.2, -0.15) is 0 Å². The minimum Gasteiger partial charge on any atom is -0.480 e. The molecule has 1 saturated carbocycles. The zero-order valence-electron chi connectivity index (χ0n) is 11.1. The van der Waals surface area contributed by atoms with E-state index in [0.717, 1.165) is 25.7 Å².